The van der Waals surface area contributed by atoms with E-state index in [2.05, 4.69) is 5.32 Å². The number of nitrogens with one attached hydrogen (secondary N) is 1. The van der Waals surface area contributed by atoms with Crippen molar-refractivity contribution in [2.75, 3.05) is 13.1 Å². The molecule has 16 heavy (non-hydrogen) atoms. The number of piperidine rings is 1. The molecule has 0 unspecified atom stereocenters. The average molecular weight is 229 g/mol. The summed E-state index contributed by atoms with van der Waals surface area (Å²) in [4.78, 5) is 0. The number of alkyl halides is 2. The fraction of sp³-hybridized carbons (Fsp3) is 0.500. The van der Waals surface area contributed by atoms with Crippen LogP contribution in [0.25, 0.3) is 0 Å². The minimum atomic E-state index is -2.52. The highest BCUT2D eigenvalue weighted by atomic mass is 19.3. The molecule has 1 saturated heterocycles. The van der Waals surface area contributed by atoms with Crippen LogP contribution in [0, 0.1) is 5.82 Å². The van der Waals surface area contributed by atoms with E-state index in [0.717, 1.165) is 0 Å². The molecule has 1 aliphatic rings. The molecule has 0 bridgehead atoms. The van der Waals surface area contributed by atoms with Crippen molar-refractivity contribution in [1.82, 2.24) is 5.32 Å². The van der Waals surface area contributed by atoms with Crippen LogP contribution in [0.5, 0.6) is 0 Å². The Balaban J connectivity index is 2.43. The fourth-order valence-corrected chi connectivity index (χ4v) is 2.34. The lowest BCUT2D eigenvalue weighted by Gasteiger charge is -2.37. The Labute approximate surface area is 92.7 Å². The number of benzene rings is 1. The molecule has 1 aliphatic heterocycles. The van der Waals surface area contributed by atoms with Gasteiger partial charge in [0.15, 0.2) is 0 Å². The maximum atomic E-state index is 13.6. The minimum absolute atomic E-state index is 0.159. The normalized spacial score (nSPS) is 20.0. The van der Waals surface area contributed by atoms with Gasteiger partial charge in [0.05, 0.1) is 5.41 Å². The van der Waals surface area contributed by atoms with E-state index in [0.29, 0.717) is 13.1 Å². The first-order valence-electron chi connectivity index (χ1n) is 5.41. The molecule has 0 spiro atoms. The van der Waals surface area contributed by atoms with Crippen LogP contribution in [0.1, 0.15) is 18.4 Å². The van der Waals surface area contributed by atoms with Gasteiger partial charge in [0.2, 0.25) is 6.43 Å². The van der Waals surface area contributed by atoms with Crippen molar-refractivity contribution in [2.45, 2.75) is 24.7 Å². The molecule has 0 atom stereocenters. The van der Waals surface area contributed by atoms with Crippen LogP contribution in [0.15, 0.2) is 24.3 Å². The molecule has 0 amide bonds. The van der Waals surface area contributed by atoms with Crippen LogP contribution < -0.4 is 5.32 Å². The third kappa shape index (κ3) is 1.82. The molecule has 1 aromatic carbocycles. The van der Waals surface area contributed by atoms with E-state index in [4.69, 9.17) is 0 Å². The first-order chi connectivity index (χ1) is 7.67. The van der Waals surface area contributed by atoms with E-state index in [1.807, 2.05) is 0 Å². The van der Waals surface area contributed by atoms with Gasteiger partial charge in [0.25, 0.3) is 0 Å². The number of hydrogen-bond donors (Lipinski definition) is 1. The largest absolute Gasteiger partial charge is 0.317 e. The third-order valence-corrected chi connectivity index (χ3v) is 3.32. The Kier molecular flexibility index (Phi) is 3.19. The highest BCUT2D eigenvalue weighted by Gasteiger charge is 2.44. The van der Waals surface area contributed by atoms with E-state index in [9.17, 15) is 13.2 Å². The first kappa shape index (κ1) is 11.5. The van der Waals surface area contributed by atoms with E-state index in [-0.39, 0.29) is 18.4 Å². The quantitative estimate of drug-likeness (QED) is 0.822. The third-order valence-electron chi connectivity index (χ3n) is 3.32. The maximum absolute atomic E-state index is 13.6. The second-order valence-corrected chi connectivity index (χ2v) is 4.19. The Hall–Kier alpha value is -1.03. The van der Waals surface area contributed by atoms with E-state index >= 15 is 0 Å². The van der Waals surface area contributed by atoms with Crippen molar-refractivity contribution in [3.05, 3.63) is 35.6 Å². The molecule has 4 heteroatoms. The summed E-state index contributed by atoms with van der Waals surface area (Å²) in [6.45, 7) is 1.03. The lowest BCUT2D eigenvalue weighted by molar-refractivity contribution is 0.0274. The van der Waals surface area contributed by atoms with Gasteiger partial charge in [-0.25, -0.2) is 13.2 Å². The van der Waals surface area contributed by atoms with Crippen molar-refractivity contribution in [2.24, 2.45) is 0 Å². The number of halogens is 3. The number of hydrogen-bond acceptors (Lipinski definition) is 1. The predicted molar refractivity (Wildman–Crippen MR) is 56.2 cm³/mol. The fourth-order valence-electron chi connectivity index (χ4n) is 2.34. The summed E-state index contributed by atoms with van der Waals surface area (Å²) < 4.78 is 40.1. The van der Waals surface area contributed by atoms with Gasteiger partial charge in [0.1, 0.15) is 5.82 Å². The summed E-state index contributed by atoms with van der Waals surface area (Å²) in [7, 11) is 0. The summed E-state index contributed by atoms with van der Waals surface area (Å²) in [6, 6.07) is 5.87. The van der Waals surface area contributed by atoms with E-state index < -0.39 is 17.7 Å². The van der Waals surface area contributed by atoms with Gasteiger partial charge in [-0.3, -0.25) is 0 Å². The molecule has 0 aromatic heterocycles. The molecular weight excluding hydrogens is 215 g/mol. The summed E-state index contributed by atoms with van der Waals surface area (Å²) in [6.07, 6.45) is -1.96. The van der Waals surface area contributed by atoms with Crippen LogP contribution >= 0.6 is 0 Å². The molecular formula is C12H14F3N. The highest BCUT2D eigenvalue weighted by molar-refractivity contribution is 5.29. The monoisotopic (exact) mass is 229 g/mol. The Morgan fingerprint density at radius 3 is 2.31 bits per heavy atom. The lowest BCUT2D eigenvalue weighted by atomic mass is 9.73. The minimum Gasteiger partial charge on any atom is -0.317 e. The summed E-state index contributed by atoms with van der Waals surface area (Å²) in [5.74, 6) is -0.523. The molecule has 88 valence electrons. The first-order valence-corrected chi connectivity index (χ1v) is 5.41. The second kappa shape index (κ2) is 4.45. The van der Waals surface area contributed by atoms with Crippen LogP contribution in [-0.4, -0.2) is 19.5 Å². The van der Waals surface area contributed by atoms with Crippen LogP contribution in [-0.2, 0) is 5.41 Å². The van der Waals surface area contributed by atoms with Gasteiger partial charge in [-0.2, -0.15) is 0 Å². The van der Waals surface area contributed by atoms with Crippen molar-refractivity contribution >= 4 is 0 Å². The Bertz CT molecular complexity index is 359. The molecule has 1 N–H and O–H groups in total. The summed E-state index contributed by atoms with van der Waals surface area (Å²) in [5.41, 5.74) is -1.15. The van der Waals surface area contributed by atoms with Crippen LogP contribution in [0.3, 0.4) is 0 Å². The Morgan fingerprint density at radius 1 is 1.12 bits per heavy atom. The van der Waals surface area contributed by atoms with Gasteiger partial charge in [-0.05, 0) is 37.6 Å². The van der Waals surface area contributed by atoms with Crippen LogP contribution in [0.2, 0.25) is 0 Å². The Morgan fingerprint density at radius 2 is 1.75 bits per heavy atom. The maximum Gasteiger partial charge on any atom is 0.248 e. The van der Waals surface area contributed by atoms with Crippen molar-refractivity contribution in [3.8, 4) is 0 Å². The van der Waals surface area contributed by atoms with Gasteiger partial charge >= 0.3 is 0 Å². The molecule has 1 nitrogen and oxygen atoms in total. The summed E-state index contributed by atoms with van der Waals surface area (Å²) >= 11 is 0. The zero-order valence-electron chi connectivity index (χ0n) is 8.85. The predicted octanol–water partition coefficient (Wildman–Crippen LogP) is 2.71. The second-order valence-electron chi connectivity index (χ2n) is 4.19. The molecule has 0 aliphatic carbocycles. The number of rotatable bonds is 2. The lowest BCUT2D eigenvalue weighted by Crippen LogP contribution is -2.45. The van der Waals surface area contributed by atoms with Gasteiger partial charge in [0, 0.05) is 0 Å². The molecule has 0 radical (unpaired) electrons. The van der Waals surface area contributed by atoms with Gasteiger partial charge < -0.3 is 5.32 Å². The molecule has 1 fully saturated rings. The highest BCUT2D eigenvalue weighted by Crippen LogP contribution is 2.40. The van der Waals surface area contributed by atoms with Gasteiger partial charge in [-0.15, -0.1) is 0 Å². The zero-order chi connectivity index (χ0) is 11.6. The smallest absolute Gasteiger partial charge is 0.248 e. The van der Waals surface area contributed by atoms with Crippen molar-refractivity contribution < 1.29 is 13.2 Å². The molecule has 0 saturated carbocycles. The van der Waals surface area contributed by atoms with Crippen molar-refractivity contribution in [3.63, 3.8) is 0 Å². The van der Waals surface area contributed by atoms with Crippen LogP contribution in [0.4, 0.5) is 13.2 Å². The van der Waals surface area contributed by atoms with E-state index in [1.165, 1.54) is 18.2 Å². The average Bonchev–Trinajstić information content (AvgIpc) is 2.30. The SMILES string of the molecule is Fc1ccccc1C1(C(F)F)CCNCC1. The molecule has 1 heterocycles. The zero-order valence-corrected chi connectivity index (χ0v) is 8.85. The van der Waals surface area contributed by atoms with Crippen molar-refractivity contribution in [1.29, 1.82) is 0 Å². The topological polar surface area (TPSA) is 12.0 Å². The molecule has 1 aromatic rings. The van der Waals surface area contributed by atoms with E-state index in [1.54, 1.807) is 6.07 Å². The summed E-state index contributed by atoms with van der Waals surface area (Å²) in [5, 5.41) is 3.03. The van der Waals surface area contributed by atoms with Gasteiger partial charge in [-0.1, -0.05) is 18.2 Å². The molecule has 2 rings (SSSR count). The standard InChI is InChI=1S/C12H14F3N/c13-10-4-2-1-3-9(10)12(11(14)15)5-7-16-8-6-12/h1-4,11,16H,5-8H2.